The van der Waals surface area contributed by atoms with Gasteiger partial charge in [0.05, 0.1) is 25.8 Å². The summed E-state index contributed by atoms with van der Waals surface area (Å²) in [5.41, 5.74) is 0. The lowest BCUT2D eigenvalue weighted by Crippen LogP contribution is -2.47. The van der Waals surface area contributed by atoms with Gasteiger partial charge >= 0.3 is 0 Å². The Labute approximate surface area is 146 Å². The van der Waals surface area contributed by atoms with E-state index in [1.807, 2.05) is 11.9 Å². The Kier molecular flexibility index (Phi) is 8.51. The summed E-state index contributed by atoms with van der Waals surface area (Å²) in [5, 5.41) is 8.88. The number of likely N-dealkylation sites (N-methyl/N-ethyl adjacent to an activating group) is 1. The van der Waals surface area contributed by atoms with Gasteiger partial charge in [-0.3, -0.25) is 14.6 Å². The summed E-state index contributed by atoms with van der Waals surface area (Å²) in [6.45, 7) is 6.39. The highest BCUT2D eigenvalue weighted by molar-refractivity contribution is 5.78. The quantitative estimate of drug-likeness (QED) is 0.669. The van der Waals surface area contributed by atoms with Crippen molar-refractivity contribution >= 4 is 5.91 Å². The van der Waals surface area contributed by atoms with Gasteiger partial charge in [-0.25, -0.2) is 0 Å². The Hall–Kier alpha value is -1.16. The van der Waals surface area contributed by atoms with Crippen molar-refractivity contribution in [3.8, 4) is 6.07 Å². The molecule has 0 aromatic rings. The molecule has 0 aromatic carbocycles. The Balaban J connectivity index is 1.79. The molecule has 0 bridgehead atoms. The first kappa shape index (κ1) is 19.2. The molecule has 0 aromatic heterocycles. The Bertz CT molecular complexity index is 412. The fourth-order valence-corrected chi connectivity index (χ4v) is 3.56. The summed E-state index contributed by atoms with van der Waals surface area (Å²) in [5.74, 6) is 0.196. The fraction of sp³-hybridized carbons (Fsp3) is 0.889. The Morgan fingerprint density at radius 3 is 2.58 bits per heavy atom. The summed E-state index contributed by atoms with van der Waals surface area (Å²) in [7, 11) is 1.95. The zero-order valence-electron chi connectivity index (χ0n) is 15.1. The molecule has 1 heterocycles. The van der Waals surface area contributed by atoms with Crippen LogP contribution >= 0.6 is 0 Å². The topological polar surface area (TPSA) is 59.8 Å². The van der Waals surface area contributed by atoms with Crippen LogP contribution in [0, 0.1) is 11.3 Å². The zero-order chi connectivity index (χ0) is 17.2. The normalized spacial score (nSPS) is 20.0. The van der Waals surface area contributed by atoms with E-state index in [0.29, 0.717) is 25.6 Å². The van der Waals surface area contributed by atoms with Gasteiger partial charge in [-0.1, -0.05) is 19.3 Å². The monoisotopic (exact) mass is 336 g/mol. The maximum Gasteiger partial charge on any atom is 0.236 e. The molecule has 1 amide bonds. The van der Waals surface area contributed by atoms with Crippen molar-refractivity contribution < 1.29 is 9.53 Å². The lowest BCUT2D eigenvalue weighted by molar-refractivity contribution is -0.133. The van der Waals surface area contributed by atoms with Crippen LogP contribution < -0.4 is 0 Å². The van der Waals surface area contributed by atoms with Crippen molar-refractivity contribution in [3.63, 3.8) is 0 Å². The van der Waals surface area contributed by atoms with Crippen molar-refractivity contribution in [1.29, 1.82) is 5.26 Å². The molecule has 1 aliphatic heterocycles. The summed E-state index contributed by atoms with van der Waals surface area (Å²) in [6.07, 6.45) is 6.51. The van der Waals surface area contributed by atoms with E-state index in [0.717, 1.165) is 52.2 Å². The number of morpholine rings is 1. The fourth-order valence-electron chi connectivity index (χ4n) is 3.56. The molecule has 24 heavy (non-hydrogen) atoms. The number of hydrogen-bond donors (Lipinski definition) is 0. The number of nitrogens with zero attached hydrogens (tertiary/aromatic N) is 4. The van der Waals surface area contributed by atoms with E-state index in [1.54, 1.807) is 0 Å². The molecule has 1 aliphatic carbocycles. The molecule has 0 unspecified atom stereocenters. The SMILES string of the molecule is CN(C(=O)CN(CCC#N)CCN1CCOCC1)C1CCCCC1. The van der Waals surface area contributed by atoms with Gasteiger partial charge in [-0.05, 0) is 12.8 Å². The number of nitriles is 1. The molecule has 6 heteroatoms. The van der Waals surface area contributed by atoms with Crippen LogP contribution in [0.1, 0.15) is 38.5 Å². The van der Waals surface area contributed by atoms with E-state index in [1.165, 1.54) is 19.3 Å². The van der Waals surface area contributed by atoms with Crippen LogP contribution in [0.4, 0.5) is 0 Å². The number of ether oxygens (including phenoxy) is 1. The molecule has 1 saturated carbocycles. The summed E-state index contributed by atoms with van der Waals surface area (Å²) < 4.78 is 5.38. The first-order valence-corrected chi connectivity index (χ1v) is 9.36. The third-order valence-electron chi connectivity index (χ3n) is 5.25. The first-order chi connectivity index (χ1) is 11.7. The van der Waals surface area contributed by atoms with Gasteiger partial charge in [0, 0.05) is 52.2 Å². The van der Waals surface area contributed by atoms with E-state index in [2.05, 4.69) is 15.9 Å². The third kappa shape index (κ3) is 6.39. The Morgan fingerprint density at radius 2 is 1.92 bits per heavy atom. The predicted molar refractivity (Wildman–Crippen MR) is 93.6 cm³/mol. The van der Waals surface area contributed by atoms with Gasteiger partial charge in [0.2, 0.25) is 5.91 Å². The Morgan fingerprint density at radius 1 is 1.21 bits per heavy atom. The highest BCUT2D eigenvalue weighted by atomic mass is 16.5. The van der Waals surface area contributed by atoms with Crippen LogP contribution in [-0.2, 0) is 9.53 Å². The highest BCUT2D eigenvalue weighted by Gasteiger charge is 2.23. The van der Waals surface area contributed by atoms with Gasteiger partial charge in [-0.15, -0.1) is 0 Å². The molecule has 136 valence electrons. The average molecular weight is 336 g/mol. The van der Waals surface area contributed by atoms with E-state index >= 15 is 0 Å². The minimum absolute atomic E-state index is 0.196. The van der Waals surface area contributed by atoms with E-state index < -0.39 is 0 Å². The third-order valence-corrected chi connectivity index (χ3v) is 5.25. The minimum Gasteiger partial charge on any atom is -0.379 e. The molecule has 0 atom stereocenters. The molecule has 0 spiro atoms. The first-order valence-electron chi connectivity index (χ1n) is 9.36. The van der Waals surface area contributed by atoms with Crippen molar-refractivity contribution in [2.75, 3.05) is 59.5 Å². The molecule has 0 radical (unpaired) electrons. The minimum atomic E-state index is 0.196. The second-order valence-corrected chi connectivity index (χ2v) is 6.93. The van der Waals surface area contributed by atoms with Crippen molar-refractivity contribution in [2.45, 2.75) is 44.6 Å². The van der Waals surface area contributed by atoms with Gasteiger partial charge in [0.1, 0.15) is 0 Å². The second-order valence-electron chi connectivity index (χ2n) is 6.93. The van der Waals surface area contributed by atoms with Crippen LogP contribution in [0.25, 0.3) is 0 Å². The van der Waals surface area contributed by atoms with E-state index in [-0.39, 0.29) is 5.91 Å². The van der Waals surface area contributed by atoms with Crippen molar-refractivity contribution in [1.82, 2.24) is 14.7 Å². The molecule has 0 N–H and O–H groups in total. The van der Waals surface area contributed by atoms with Crippen molar-refractivity contribution in [3.05, 3.63) is 0 Å². The number of carbonyl (C=O) groups excluding carboxylic acids is 1. The molecule has 2 aliphatic rings. The van der Waals surface area contributed by atoms with Crippen molar-refractivity contribution in [2.24, 2.45) is 0 Å². The number of hydrogen-bond acceptors (Lipinski definition) is 5. The second kappa shape index (κ2) is 10.7. The molecule has 2 rings (SSSR count). The predicted octanol–water partition coefficient (Wildman–Crippen LogP) is 1.33. The standard InChI is InChI=1S/C18H32N4O2/c1-20(17-6-3-2-4-7-17)18(23)16-22(9-5-8-19)11-10-21-12-14-24-15-13-21/h17H,2-7,9-16H2,1H3. The average Bonchev–Trinajstić information content (AvgIpc) is 2.64. The van der Waals surface area contributed by atoms with Gasteiger partial charge in [0.15, 0.2) is 0 Å². The van der Waals surface area contributed by atoms with E-state index in [4.69, 9.17) is 10.00 Å². The largest absolute Gasteiger partial charge is 0.379 e. The van der Waals surface area contributed by atoms with Gasteiger partial charge in [0.25, 0.3) is 0 Å². The number of rotatable bonds is 8. The maximum atomic E-state index is 12.6. The van der Waals surface area contributed by atoms with Crippen LogP contribution in [0.3, 0.4) is 0 Å². The van der Waals surface area contributed by atoms with Crippen LogP contribution in [0.15, 0.2) is 0 Å². The van der Waals surface area contributed by atoms with Crippen LogP contribution in [0.2, 0.25) is 0 Å². The maximum absolute atomic E-state index is 12.6. The lowest BCUT2D eigenvalue weighted by Gasteiger charge is -2.34. The summed E-state index contributed by atoms with van der Waals surface area (Å²) in [6, 6.07) is 2.61. The zero-order valence-corrected chi connectivity index (χ0v) is 15.1. The van der Waals surface area contributed by atoms with Crippen LogP contribution in [0.5, 0.6) is 0 Å². The number of amides is 1. The van der Waals surface area contributed by atoms with Crippen LogP contribution in [-0.4, -0.2) is 86.2 Å². The smallest absolute Gasteiger partial charge is 0.236 e. The van der Waals surface area contributed by atoms with Gasteiger partial charge in [-0.2, -0.15) is 5.26 Å². The van der Waals surface area contributed by atoms with E-state index in [9.17, 15) is 4.79 Å². The summed E-state index contributed by atoms with van der Waals surface area (Å²) >= 11 is 0. The lowest BCUT2D eigenvalue weighted by atomic mass is 9.94. The molecular formula is C18H32N4O2. The molecule has 6 nitrogen and oxygen atoms in total. The molecular weight excluding hydrogens is 304 g/mol. The number of carbonyl (C=O) groups is 1. The molecule has 2 fully saturated rings. The molecule has 1 saturated heterocycles. The van der Waals surface area contributed by atoms with Gasteiger partial charge < -0.3 is 9.64 Å². The summed E-state index contributed by atoms with van der Waals surface area (Å²) in [4.78, 5) is 19.1. The highest BCUT2D eigenvalue weighted by Crippen LogP contribution is 2.21.